The van der Waals surface area contributed by atoms with Crippen LogP contribution < -0.4 is 5.32 Å². The van der Waals surface area contributed by atoms with Gasteiger partial charge < -0.3 is 10.4 Å². The Morgan fingerprint density at radius 2 is 2.22 bits per heavy atom. The largest absolute Gasteiger partial charge is 0.396 e. The van der Waals surface area contributed by atoms with Crippen molar-refractivity contribution in [3.05, 3.63) is 58.9 Å². The average molecular weight is 332 g/mol. The van der Waals surface area contributed by atoms with Crippen molar-refractivity contribution in [3.8, 4) is 5.69 Å². The Balaban J connectivity index is 1.77. The summed E-state index contributed by atoms with van der Waals surface area (Å²) < 4.78 is 1.66. The number of carbonyl (C=O) groups is 1. The van der Waals surface area contributed by atoms with Gasteiger partial charge in [-0.05, 0) is 31.5 Å². The molecular weight excluding hydrogens is 314 g/mol. The SMILES string of the molecule is Cc1cc(C(=O)N[C@@H]2C=C[C@H](CO)C2)nn1-c1ccccc1Cl. The first kappa shape index (κ1) is 15.8. The highest BCUT2D eigenvalue weighted by Gasteiger charge is 2.22. The number of amides is 1. The maximum Gasteiger partial charge on any atom is 0.272 e. The summed E-state index contributed by atoms with van der Waals surface area (Å²) in [7, 11) is 0. The number of rotatable bonds is 4. The van der Waals surface area contributed by atoms with Crippen molar-refractivity contribution < 1.29 is 9.90 Å². The van der Waals surface area contributed by atoms with Gasteiger partial charge in [-0.15, -0.1) is 0 Å². The monoisotopic (exact) mass is 331 g/mol. The molecule has 120 valence electrons. The van der Waals surface area contributed by atoms with Crippen LogP contribution in [0.25, 0.3) is 5.69 Å². The predicted molar refractivity (Wildman–Crippen MR) is 88.9 cm³/mol. The van der Waals surface area contributed by atoms with E-state index in [0.29, 0.717) is 17.1 Å². The second kappa shape index (κ2) is 6.56. The minimum Gasteiger partial charge on any atom is -0.396 e. The summed E-state index contributed by atoms with van der Waals surface area (Å²) in [6, 6.07) is 9.04. The Labute approximate surface area is 139 Å². The lowest BCUT2D eigenvalue weighted by molar-refractivity contribution is 0.0935. The molecule has 1 amide bonds. The minimum absolute atomic E-state index is 0.0644. The molecule has 23 heavy (non-hydrogen) atoms. The van der Waals surface area contributed by atoms with Crippen molar-refractivity contribution in [2.45, 2.75) is 19.4 Å². The molecule has 0 spiro atoms. The highest BCUT2D eigenvalue weighted by atomic mass is 35.5. The number of hydrogen-bond acceptors (Lipinski definition) is 3. The highest BCUT2D eigenvalue weighted by molar-refractivity contribution is 6.32. The standard InChI is InChI=1S/C17H18ClN3O2/c1-11-8-15(17(23)19-13-7-6-12(9-13)10-22)20-21(11)16-5-3-2-4-14(16)18/h2-8,12-13,22H,9-10H2,1H3,(H,19,23)/t12-,13+/m0/s1. The van der Waals surface area contributed by atoms with Crippen molar-refractivity contribution in [1.82, 2.24) is 15.1 Å². The van der Waals surface area contributed by atoms with E-state index >= 15 is 0 Å². The van der Waals surface area contributed by atoms with Crippen LogP contribution in [0.1, 0.15) is 22.6 Å². The van der Waals surface area contributed by atoms with E-state index in [1.807, 2.05) is 37.3 Å². The quantitative estimate of drug-likeness (QED) is 0.846. The van der Waals surface area contributed by atoms with Crippen molar-refractivity contribution in [1.29, 1.82) is 0 Å². The zero-order chi connectivity index (χ0) is 16.4. The van der Waals surface area contributed by atoms with E-state index in [4.69, 9.17) is 16.7 Å². The molecule has 0 radical (unpaired) electrons. The zero-order valence-corrected chi connectivity index (χ0v) is 13.5. The van der Waals surface area contributed by atoms with Crippen LogP contribution in [0.2, 0.25) is 5.02 Å². The van der Waals surface area contributed by atoms with Crippen LogP contribution in [-0.4, -0.2) is 33.4 Å². The Hall–Kier alpha value is -2.11. The molecule has 0 unspecified atom stereocenters. The molecule has 5 nitrogen and oxygen atoms in total. The lowest BCUT2D eigenvalue weighted by Gasteiger charge is -2.11. The van der Waals surface area contributed by atoms with Crippen molar-refractivity contribution in [2.24, 2.45) is 5.92 Å². The molecule has 1 aromatic heterocycles. The third-order valence-corrected chi connectivity index (χ3v) is 4.24. The molecule has 1 heterocycles. The molecule has 1 aromatic carbocycles. The Kier molecular flexibility index (Phi) is 4.50. The van der Waals surface area contributed by atoms with Crippen LogP contribution in [0.4, 0.5) is 0 Å². The lowest BCUT2D eigenvalue weighted by Crippen LogP contribution is -2.33. The summed E-state index contributed by atoms with van der Waals surface area (Å²) >= 11 is 6.19. The van der Waals surface area contributed by atoms with E-state index in [-0.39, 0.29) is 24.5 Å². The smallest absolute Gasteiger partial charge is 0.272 e. The first-order valence-corrected chi connectivity index (χ1v) is 7.88. The number of halogens is 1. The normalized spacial score (nSPS) is 20.0. The topological polar surface area (TPSA) is 67.2 Å². The molecule has 0 saturated carbocycles. The van der Waals surface area contributed by atoms with E-state index in [9.17, 15) is 4.79 Å². The summed E-state index contributed by atoms with van der Waals surface area (Å²) in [4.78, 5) is 12.4. The van der Waals surface area contributed by atoms with Crippen LogP contribution in [0, 0.1) is 12.8 Å². The number of nitrogens with one attached hydrogen (secondary N) is 1. The van der Waals surface area contributed by atoms with Crippen LogP contribution in [0.5, 0.6) is 0 Å². The Bertz CT molecular complexity index is 754. The molecule has 2 aromatic rings. The van der Waals surface area contributed by atoms with Crippen LogP contribution in [0.15, 0.2) is 42.5 Å². The molecule has 0 saturated heterocycles. The minimum atomic E-state index is -0.229. The second-order valence-electron chi connectivity index (χ2n) is 5.68. The number of aryl methyl sites for hydroxylation is 1. The molecule has 1 aliphatic rings. The Morgan fingerprint density at radius 1 is 1.43 bits per heavy atom. The predicted octanol–water partition coefficient (Wildman–Crippen LogP) is 2.50. The molecule has 3 rings (SSSR count). The van der Waals surface area contributed by atoms with E-state index in [1.165, 1.54) is 0 Å². The van der Waals surface area contributed by atoms with Crippen molar-refractivity contribution in [3.63, 3.8) is 0 Å². The molecule has 1 aliphatic carbocycles. The fourth-order valence-corrected chi connectivity index (χ4v) is 2.93. The first-order chi connectivity index (χ1) is 11.1. The summed E-state index contributed by atoms with van der Waals surface area (Å²) in [5, 5.41) is 17.0. The van der Waals surface area contributed by atoms with Gasteiger partial charge in [0, 0.05) is 24.3 Å². The van der Waals surface area contributed by atoms with Crippen molar-refractivity contribution >= 4 is 17.5 Å². The van der Waals surface area contributed by atoms with Gasteiger partial charge in [-0.2, -0.15) is 5.10 Å². The van der Waals surface area contributed by atoms with Gasteiger partial charge in [0.15, 0.2) is 5.69 Å². The van der Waals surface area contributed by atoms with Crippen molar-refractivity contribution in [2.75, 3.05) is 6.61 Å². The number of carbonyl (C=O) groups excluding carboxylic acids is 1. The summed E-state index contributed by atoms with van der Waals surface area (Å²) in [5.74, 6) is -0.116. The lowest BCUT2D eigenvalue weighted by atomic mass is 10.1. The van der Waals surface area contributed by atoms with Gasteiger partial charge in [-0.3, -0.25) is 4.79 Å². The fourth-order valence-electron chi connectivity index (χ4n) is 2.71. The third-order valence-electron chi connectivity index (χ3n) is 3.92. The zero-order valence-electron chi connectivity index (χ0n) is 12.7. The molecule has 2 atom stereocenters. The first-order valence-electron chi connectivity index (χ1n) is 7.50. The number of hydrogen-bond donors (Lipinski definition) is 2. The van der Waals surface area contributed by atoms with Crippen LogP contribution in [-0.2, 0) is 0 Å². The number of para-hydroxylation sites is 1. The van der Waals surface area contributed by atoms with Gasteiger partial charge >= 0.3 is 0 Å². The number of nitrogens with zero attached hydrogens (tertiary/aromatic N) is 2. The van der Waals surface area contributed by atoms with Gasteiger partial charge in [0.05, 0.1) is 10.7 Å². The molecule has 0 aliphatic heterocycles. The third kappa shape index (κ3) is 3.30. The molecule has 6 heteroatoms. The highest BCUT2D eigenvalue weighted by Crippen LogP contribution is 2.22. The van der Waals surface area contributed by atoms with Gasteiger partial charge in [-0.25, -0.2) is 4.68 Å². The van der Waals surface area contributed by atoms with Gasteiger partial charge in [-0.1, -0.05) is 35.9 Å². The van der Waals surface area contributed by atoms with Crippen LogP contribution in [0.3, 0.4) is 0 Å². The Morgan fingerprint density at radius 3 is 2.91 bits per heavy atom. The fraction of sp³-hybridized carbons (Fsp3) is 0.294. The number of aliphatic hydroxyl groups is 1. The summed E-state index contributed by atoms with van der Waals surface area (Å²) in [6.45, 7) is 1.98. The maximum atomic E-state index is 12.4. The van der Waals surface area contributed by atoms with Gasteiger partial charge in [0.25, 0.3) is 5.91 Å². The van der Waals surface area contributed by atoms with Crippen LogP contribution >= 0.6 is 11.6 Å². The number of benzene rings is 1. The number of aliphatic hydroxyl groups excluding tert-OH is 1. The number of aromatic nitrogens is 2. The average Bonchev–Trinajstić information content (AvgIpc) is 3.14. The molecular formula is C17H18ClN3O2. The van der Waals surface area contributed by atoms with E-state index in [1.54, 1.807) is 16.8 Å². The molecule has 0 fully saturated rings. The molecule has 2 N–H and O–H groups in total. The molecule has 0 bridgehead atoms. The van der Waals surface area contributed by atoms with E-state index in [0.717, 1.165) is 11.4 Å². The maximum absolute atomic E-state index is 12.4. The summed E-state index contributed by atoms with van der Waals surface area (Å²) in [5.41, 5.74) is 1.92. The summed E-state index contributed by atoms with van der Waals surface area (Å²) in [6.07, 6.45) is 4.56. The van der Waals surface area contributed by atoms with Gasteiger partial charge in [0.1, 0.15) is 0 Å². The second-order valence-corrected chi connectivity index (χ2v) is 6.08. The van der Waals surface area contributed by atoms with E-state index in [2.05, 4.69) is 10.4 Å². The van der Waals surface area contributed by atoms with Gasteiger partial charge in [0.2, 0.25) is 0 Å². The van der Waals surface area contributed by atoms with E-state index < -0.39 is 0 Å².